The van der Waals surface area contributed by atoms with Gasteiger partial charge in [-0.3, -0.25) is 9.59 Å². The van der Waals surface area contributed by atoms with E-state index in [4.69, 9.17) is 4.74 Å². The number of hydrogen-bond acceptors (Lipinski definition) is 3. The van der Waals surface area contributed by atoms with Crippen LogP contribution >= 0.6 is 0 Å². The minimum absolute atomic E-state index is 0.0920. The van der Waals surface area contributed by atoms with Crippen LogP contribution in [0.5, 0.6) is 0 Å². The van der Waals surface area contributed by atoms with Crippen LogP contribution in [0.3, 0.4) is 0 Å². The highest BCUT2D eigenvalue weighted by Crippen LogP contribution is 2.18. The van der Waals surface area contributed by atoms with Crippen molar-refractivity contribution in [3.8, 4) is 0 Å². The van der Waals surface area contributed by atoms with Crippen molar-refractivity contribution in [2.24, 2.45) is 0 Å². The van der Waals surface area contributed by atoms with Crippen LogP contribution in [0, 0.1) is 5.82 Å². The second-order valence-corrected chi connectivity index (χ2v) is 5.97. The summed E-state index contributed by atoms with van der Waals surface area (Å²) in [5, 5.41) is 0. The van der Waals surface area contributed by atoms with Gasteiger partial charge in [0.1, 0.15) is 5.82 Å². The Morgan fingerprint density at radius 2 is 1.78 bits per heavy atom. The molecule has 6 heteroatoms. The van der Waals surface area contributed by atoms with E-state index in [1.165, 1.54) is 12.1 Å². The molecular formula is C17H21FN2O3. The third-order valence-electron chi connectivity index (χ3n) is 4.50. The van der Waals surface area contributed by atoms with E-state index in [2.05, 4.69) is 0 Å². The molecule has 23 heavy (non-hydrogen) atoms. The van der Waals surface area contributed by atoms with Crippen LogP contribution in [0.4, 0.5) is 4.39 Å². The van der Waals surface area contributed by atoms with Crippen molar-refractivity contribution in [3.63, 3.8) is 0 Å². The standard InChI is InChI=1S/C17H21FN2O3/c18-15-4-2-1-3-14(15)17(22)20-10-8-19(9-11-20)16(21)6-5-13-7-12-23-13/h1-4,13H,5-12H2. The Kier molecular flexibility index (Phi) is 4.91. The molecule has 2 saturated heterocycles. The molecule has 2 heterocycles. The number of hydrogen-bond donors (Lipinski definition) is 0. The average molecular weight is 320 g/mol. The van der Waals surface area contributed by atoms with Gasteiger partial charge in [-0.2, -0.15) is 0 Å². The molecule has 2 aliphatic rings. The molecule has 0 aromatic heterocycles. The smallest absolute Gasteiger partial charge is 0.256 e. The van der Waals surface area contributed by atoms with Crippen molar-refractivity contribution in [3.05, 3.63) is 35.6 Å². The minimum atomic E-state index is -0.503. The predicted octanol–water partition coefficient (Wildman–Crippen LogP) is 1.68. The van der Waals surface area contributed by atoms with E-state index in [9.17, 15) is 14.0 Å². The number of rotatable bonds is 4. The van der Waals surface area contributed by atoms with Crippen LogP contribution in [0.2, 0.25) is 0 Å². The molecular weight excluding hydrogens is 299 g/mol. The zero-order chi connectivity index (χ0) is 16.2. The number of carbonyl (C=O) groups is 2. The minimum Gasteiger partial charge on any atom is -0.378 e. The van der Waals surface area contributed by atoms with Crippen LogP contribution in [0.15, 0.2) is 24.3 Å². The monoisotopic (exact) mass is 320 g/mol. The van der Waals surface area contributed by atoms with Crippen molar-refractivity contribution < 1.29 is 18.7 Å². The maximum absolute atomic E-state index is 13.7. The first kappa shape index (κ1) is 15.9. The Labute approximate surface area is 135 Å². The highest BCUT2D eigenvalue weighted by molar-refractivity contribution is 5.94. The number of amides is 2. The SMILES string of the molecule is O=C(CCC1CCO1)N1CCN(C(=O)c2ccccc2F)CC1. The third-order valence-corrected chi connectivity index (χ3v) is 4.50. The summed E-state index contributed by atoms with van der Waals surface area (Å²) in [6.45, 7) is 2.70. The van der Waals surface area contributed by atoms with E-state index in [-0.39, 0.29) is 23.5 Å². The highest BCUT2D eigenvalue weighted by atomic mass is 19.1. The second-order valence-electron chi connectivity index (χ2n) is 5.97. The molecule has 124 valence electrons. The lowest BCUT2D eigenvalue weighted by Crippen LogP contribution is -2.50. The van der Waals surface area contributed by atoms with E-state index in [1.54, 1.807) is 21.9 Å². The Hall–Kier alpha value is -1.95. The molecule has 1 atom stereocenters. The normalized spacial score (nSPS) is 21.0. The molecule has 0 saturated carbocycles. The Morgan fingerprint density at radius 1 is 1.13 bits per heavy atom. The van der Waals surface area contributed by atoms with Crippen LogP contribution in [0.1, 0.15) is 29.6 Å². The molecule has 0 aliphatic carbocycles. The molecule has 0 radical (unpaired) electrons. The first-order valence-electron chi connectivity index (χ1n) is 8.08. The van der Waals surface area contributed by atoms with Crippen molar-refractivity contribution in [1.29, 1.82) is 0 Å². The first-order valence-corrected chi connectivity index (χ1v) is 8.08. The maximum atomic E-state index is 13.7. The van der Waals surface area contributed by atoms with Crippen LogP contribution < -0.4 is 0 Å². The largest absolute Gasteiger partial charge is 0.378 e. The lowest BCUT2D eigenvalue weighted by atomic mass is 10.1. The van der Waals surface area contributed by atoms with Gasteiger partial charge in [-0.25, -0.2) is 4.39 Å². The quantitative estimate of drug-likeness (QED) is 0.848. The summed E-state index contributed by atoms with van der Waals surface area (Å²) >= 11 is 0. The van der Waals surface area contributed by atoms with Gasteiger partial charge in [-0.1, -0.05) is 12.1 Å². The molecule has 0 N–H and O–H groups in total. The fourth-order valence-electron chi connectivity index (χ4n) is 2.92. The van der Waals surface area contributed by atoms with E-state index < -0.39 is 5.82 Å². The van der Waals surface area contributed by atoms with E-state index >= 15 is 0 Å². The summed E-state index contributed by atoms with van der Waals surface area (Å²) in [5.74, 6) is -0.701. The average Bonchev–Trinajstić information content (AvgIpc) is 2.53. The van der Waals surface area contributed by atoms with Crippen LogP contribution in [-0.4, -0.2) is 60.5 Å². The lowest BCUT2D eigenvalue weighted by Gasteiger charge is -2.35. The molecule has 1 aromatic carbocycles. The molecule has 3 rings (SSSR count). The molecule has 1 aromatic rings. The second kappa shape index (κ2) is 7.08. The topological polar surface area (TPSA) is 49.9 Å². The van der Waals surface area contributed by atoms with Crippen molar-refractivity contribution in [2.45, 2.75) is 25.4 Å². The predicted molar refractivity (Wildman–Crippen MR) is 82.5 cm³/mol. The van der Waals surface area contributed by atoms with Gasteiger partial charge in [-0.15, -0.1) is 0 Å². The maximum Gasteiger partial charge on any atom is 0.256 e. The molecule has 2 amide bonds. The van der Waals surface area contributed by atoms with Crippen LogP contribution in [0.25, 0.3) is 0 Å². The summed E-state index contributed by atoms with van der Waals surface area (Å²) in [5.41, 5.74) is 0.0920. The Bertz CT molecular complexity index is 581. The molecule has 2 aliphatic heterocycles. The highest BCUT2D eigenvalue weighted by Gasteiger charge is 2.27. The van der Waals surface area contributed by atoms with Gasteiger partial charge in [0.25, 0.3) is 5.91 Å². The van der Waals surface area contributed by atoms with Gasteiger partial charge >= 0.3 is 0 Å². The summed E-state index contributed by atoms with van der Waals surface area (Å²) in [7, 11) is 0. The van der Waals surface area contributed by atoms with Gasteiger partial charge < -0.3 is 14.5 Å². The number of halogens is 1. The number of nitrogens with zero attached hydrogens (tertiary/aromatic N) is 2. The molecule has 0 spiro atoms. The third kappa shape index (κ3) is 3.69. The summed E-state index contributed by atoms with van der Waals surface area (Å²) in [4.78, 5) is 27.9. The summed E-state index contributed by atoms with van der Waals surface area (Å²) in [6.07, 6.45) is 2.54. The number of benzene rings is 1. The van der Waals surface area contributed by atoms with E-state index in [1.807, 2.05) is 0 Å². The fourth-order valence-corrected chi connectivity index (χ4v) is 2.92. The zero-order valence-corrected chi connectivity index (χ0v) is 13.0. The van der Waals surface area contributed by atoms with Gasteiger partial charge in [0.15, 0.2) is 0 Å². The number of ether oxygens (including phenoxy) is 1. The first-order chi connectivity index (χ1) is 11.1. The van der Waals surface area contributed by atoms with E-state index in [0.29, 0.717) is 32.6 Å². The lowest BCUT2D eigenvalue weighted by molar-refractivity contribution is -0.134. The van der Waals surface area contributed by atoms with Gasteiger partial charge in [0, 0.05) is 39.2 Å². The summed E-state index contributed by atoms with van der Waals surface area (Å²) < 4.78 is 19.0. The fraction of sp³-hybridized carbons (Fsp3) is 0.529. The zero-order valence-electron chi connectivity index (χ0n) is 13.0. The van der Waals surface area contributed by atoms with Gasteiger partial charge in [0.2, 0.25) is 5.91 Å². The Balaban J connectivity index is 1.48. The van der Waals surface area contributed by atoms with Crippen LogP contribution in [-0.2, 0) is 9.53 Å². The Morgan fingerprint density at radius 3 is 2.39 bits per heavy atom. The van der Waals surface area contributed by atoms with Gasteiger partial charge in [0.05, 0.1) is 11.7 Å². The molecule has 1 unspecified atom stereocenters. The van der Waals surface area contributed by atoms with E-state index in [0.717, 1.165) is 19.4 Å². The van der Waals surface area contributed by atoms with Gasteiger partial charge in [-0.05, 0) is 25.0 Å². The molecule has 0 bridgehead atoms. The van der Waals surface area contributed by atoms with Crippen molar-refractivity contribution in [2.75, 3.05) is 32.8 Å². The summed E-state index contributed by atoms with van der Waals surface area (Å²) in [6, 6.07) is 6.00. The van der Waals surface area contributed by atoms with Crippen molar-refractivity contribution >= 4 is 11.8 Å². The number of carbonyl (C=O) groups excluding carboxylic acids is 2. The number of piperazine rings is 1. The molecule has 5 nitrogen and oxygen atoms in total. The van der Waals surface area contributed by atoms with Crippen molar-refractivity contribution in [1.82, 2.24) is 9.80 Å². The molecule has 2 fully saturated rings.